The number of aromatic hydroxyl groups is 1. The number of hydrogen-bond donors (Lipinski definition) is 12. The number of amides is 6. The van der Waals surface area contributed by atoms with E-state index >= 15 is 0 Å². The Morgan fingerprint density at radius 2 is 1.19 bits per heavy atom. The van der Waals surface area contributed by atoms with Gasteiger partial charge < -0.3 is 63.8 Å². The van der Waals surface area contributed by atoms with E-state index < -0.39 is 97.4 Å². The molecule has 0 heterocycles. The largest absolute Gasteiger partial charge is 0.508 e. The number of aliphatic carboxylic acids is 1. The van der Waals surface area contributed by atoms with E-state index in [9.17, 15) is 54.0 Å². The molecule has 296 valence electrons. The third kappa shape index (κ3) is 15.5. The lowest BCUT2D eigenvalue weighted by atomic mass is 10.0. The van der Waals surface area contributed by atoms with Crippen LogP contribution >= 0.6 is 0 Å². The summed E-state index contributed by atoms with van der Waals surface area (Å²) in [4.78, 5) is 88.9. The van der Waals surface area contributed by atoms with Gasteiger partial charge in [0.05, 0.1) is 25.8 Å². The molecule has 0 aliphatic heterocycles. The number of nitrogens with two attached hydrogens (primary N) is 2. The molecule has 19 heteroatoms. The molecule has 2 aromatic rings. The Hall–Kier alpha value is -5.63. The van der Waals surface area contributed by atoms with Crippen LogP contribution in [0.3, 0.4) is 0 Å². The molecule has 0 aliphatic rings. The fourth-order valence-corrected chi connectivity index (χ4v) is 4.92. The Morgan fingerprint density at radius 3 is 1.78 bits per heavy atom. The minimum Gasteiger partial charge on any atom is -0.508 e. The molecule has 0 saturated carbocycles. The summed E-state index contributed by atoms with van der Waals surface area (Å²) in [6, 6.07) is 6.07. The Balaban J connectivity index is 2.05. The summed E-state index contributed by atoms with van der Waals surface area (Å²) in [6.45, 7) is -0.752. The number of hydrogen-bond acceptors (Lipinski definition) is 12. The summed E-state index contributed by atoms with van der Waals surface area (Å²) < 4.78 is 0. The molecule has 0 fully saturated rings. The number of unbranched alkanes of at least 4 members (excludes halogenated alkanes) is 1. The number of carboxylic acids is 1. The third-order valence-corrected chi connectivity index (χ3v) is 8.04. The van der Waals surface area contributed by atoms with Crippen molar-refractivity contribution in [3.8, 4) is 5.75 Å². The van der Waals surface area contributed by atoms with Crippen molar-refractivity contribution in [3.63, 3.8) is 0 Å². The topological polar surface area (TPSA) is 325 Å². The van der Waals surface area contributed by atoms with Crippen molar-refractivity contribution in [3.05, 3.63) is 65.7 Å². The first-order chi connectivity index (χ1) is 25.7. The maximum Gasteiger partial charge on any atom is 0.326 e. The second-order valence-electron chi connectivity index (χ2n) is 12.4. The lowest BCUT2D eigenvalue weighted by Crippen LogP contribution is -2.58. The van der Waals surface area contributed by atoms with Crippen molar-refractivity contribution in [2.24, 2.45) is 11.5 Å². The summed E-state index contributed by atoms with van der Waals surface area (Å²) in [6.07, 6.45) is 1.36. The number of nitrogens with one attached hydrogen (secondary N) is 6. The van der Waals surface area contributed by atoms with Crippen molar-refractivity contribution in [2.45, 2.75) is 75.3 Å². The molecule has 0 aromatic heterocycles. The summed E-state index contributed by atoms with van der Waals surface area (Å²) in [7, 11) is 0. The normalized spacial score (nSPS) is 14.2. The molecule has 19 nitrogen and oxygen atoms in total. The van der Waals surface area contributed by atoms with Gasteiger partial charge >= 0.3 is 5.97 Å². The molecule has 14 N–H and O–H groups in total. The van der Waals surface area contributed by atoms with Gasteiger partial charge in [-0.3, -0.25) is 28.8 Å². The molecule has 2 rings (SSSR count). The van der Waals surface area contributed by atoms with Gasteiger partial charge in [0.2, 0.25) is 35.4 Å². The smallest absolute Gasteiger partial charge is 0.326 e. The van der Waals surface area contributed by atoms with Gasteiger partial charge in [-0.25, -0.2) is 4.79 Å². The lowest BCUT2D eigenvalue weighted by Gasteiger charge is -2.24. The van der Waals surface area contributed by atoms with Gasteiger partial charge in [-0.2, -0.15) is 0 Å². The molecule has 0 spiro atoms. The minimum atomic E-state index is -1.62. The number of benzene rings is 2. The zero-order valence-electron chi connectivity index (χ0n) is 29.8. The molecular formula is C35H50N8O11. The Labute approximate surface area is 311 Å². The number of carbonyl (C=O) groups is 7. The van der Waals surface area contributed by atoms with Gasteiger partial charge in [0.1, 0.15) is 36.0 Å². The van der Waals surface area contributed by atoms with Crippen LogP contribution < -0.4 is 43.4 Å². The van der Waals surface area contributed by atoms with Crippen LogP contribution in [-0.2, 0) is 46.4 Å². The fourth-order valence-electron chi connectivity index (χ4n) is 4.92. The van der Waals surface area contributed by atoms with E-state index in [-0.39, 0.29) is 18.6 Å². The standard InChI is InChI=1S/C35H50N8O11/c1-20(39-31(49)24(37)9-5-6-14-36)30(48)42-27(18-44)32(50)38-17-29(47)40-25(15-22-10-12-23(46)13-11-22)33(51)43-28(19-45)34(52)41-26(35(53)54)16-21-7-3-2-4-8-21/h2-4,7-8,10-13,20,24-28,44-46H,5-6,9,14-19,36-37H2,1H3,(H,38,50)(H,39,49)(H,40,47)(H,41,52)(H,42,48)(H,43,51)(H,53,54)/t20-,24-,25-,26-,27-,28-/m0/s1. The minimum absolute atomic E-state index is 0.0730. The van der Waals surface area contributed by atoms with E-state index in [1.807, 2.05) is 0 Å². The number of phenols is 1. The predicted molar refractivity (Wildman–Crippen MR) is 193 cm³/mol. The van der Waals surface area contributed by atoms with Gasteiger partial charge in [-0.15, -0.1) is 0 Å². The van der Waals surface area contributed by atoms with Gasteiger partial charge in [0, 0.05) is 12.8 Å². The highest BCUT2D eigenvalue weighted by molar-refractivity contribution is 5.96. The van der Waals surface area contributed by atoms with Crippen LogP contribution in [0.15, 0.2) is 54.6 Å². The highest BCUT2D eigenvalue weighted by Crippen LogP contribution is 2.12. The van der Waals surface area contributed by atoms with E-state index in [1.165, 1.54) is 31.2 Å². The highest BCUT2D eigenvalue weighted by Gasteiger charge is 2.30. The van der Waals surface area contributed by atoms with Crippen molar-refractivity contribution in [1.29, 1.82) is 0 Å². The van der Waals surface area contributed by atoms with Crippen LogP contribution in [-0.4, -0.2) is 124 Å². The van der Waals surface area contributed by atoms with Crippen molar-refractivity contribution in [1.82, 2.24) is 31.9 Å². The van der Waals surface area contributed by atoms with E-state index in [1.54, 1.807) is 30.3 Å². The summed E-state index contributed by atoms with van der Waals surface area (Å²) in [5.41, 5.74) is 12.3. The number of carbonyl (C=O) groups excluding carboxylic acids is 6. The Bertz CT molecular complexity index is 1560. The highest BCUT2D eigenvalue weighted by atomic mass is 16.4. The average molecular weight is 759 g/mol. The molecule has 0 bridgehead atoms. The monoisotopic (exact) mass is 758 g/mol. The zero-order valence-corrected chi connectivity index (χ0v) is 29.8. The summed E-state index contributed by atoms with van der Waals surface area (Å²) in [5.74, 6) is -6.69. The quantitative estimate of drug-likeness (QED) is 0.0486. The molecule has 0 radical (unpaired) electrons. The number of aliphatic hydroxyl groups is 2. The molecular weight excluding hydrogens is 708 g/mol. The summed E-state index contributed by atoms with van der Waals surface area (Å²) >= 11 is 0. The van der Waals surface area contributed by atoms with Gasteiger partial charge in [0.25, 0.3) is 0 Å². The van der Waals surface area contributed by atoms with Gasteiger partial charge in [0.15, 0.2) is 0 Å². The summed E-state index contributed by atoms with van der Waals surface area (Å²) in [5, 5.41) is 52.9. The maximum atomic E-state index is 13.4. The zero-order chi connectivity index (χ0) is 40.2. The fraction of sp³-hybridized carbons (Fsp3) is 0.457. The molecule has 54 heavy (non-hydrogen) atoms. The number of aliphatic hydroxyl groups excluding tert-OH is 2. The molecule has 0 saturated heterocycles. The van der Waals surface area contributed by atoms with E-state index in [4.69, 9.17) is 11.5 Å². The van der Waals surface area contributed by atoms with Crippen LogP contribution in [0.1, 0.15) is 37.3 Å². The maximum absolute atomic E-state index is 13.4. The molecule has 2 aromatic carbocycles. The van der Waals surface area contributed by atoms with E-state index in [0.29, 0.717) is 36.9 Å². The van der Waals surface area contributed by atoms with E-state index in [0.717, 1.165) is 0 Å². The van der Waals surface area contributed by atoms with Crippen LogP contribution in [0.5, 0.6) is 5.75 Å². The second kappa shape index (κ2) is 23.1. The van der Waals surface area contributed by atoms with E-state index in [2.05, 4.69) is 31.9 Å². The van der Waals surface area contributed by atoms with Crippen molar-refractivity contribution >= 4 is 41.4 Å². The Morgan fingerprint density at radius 1 is 0.648 bits per heavy atom. The SMILES string of the molecule is C[C@H](NC(=O)[C@@H](N)CCCCN)C(=O)N[C@@H](CO)C(=O)NCC(=O)N[C@@H](Cc1ccc(O)cc1)C(=O)N[C@@H](CO)C(=O)N[C@@H](Cc1ccccc1)C(=O)O. The second-order valence-corrected chi connectivity index (χ2v) is 12.4. The number of phenolic OH excluding ortho intramolecular Hbond substituents is 1. The van der Waals surface area contributed by atoms with Crippen molar-refractivity contribution < 1.29 is 54.0 Å². The van der Waals surface area contributed by atoms with Crippen LogP contribution in [0.25, 0.3) is 0 Å². The first kappa shape index (κ1) is 44.5. The van der Waals surface area contributed by atoms with Crippen LogP contribution in [0, 0.1) is 0 Å². The first-order valence-electron chi connectivity index (χ1n) is 17.2. The lowest BCUT2D eigenvalue weighted by molar-refractivity contribution is -0.142. The molecule has 0 aliphatic carbocycles. The van der Waals surface area contributed by atoms with Crippen LogP contribution in [0.2, 0.25) is 0 Å². The predicted octanol–water partition coefficient (Wildman–Crippen LogP) is -3.74. The van der Waals surface area contributed by atoms with Crippen LogP contribution in [0.4, 0.5) is 0 Å². The van der Waals surface area contributed by atoms with Gasteiger partial charge in [-0.1, -0.05) is 48.9 Å². The van der Waals surface area contributed by atoms with Crippen molar-refractivity contribution in [2.75, 3.05) is 26.3 Å². The molecule has 0 unspecified atom stereocenters. The Kier molecular flexibility index (Phi) is 19.1. The first-order valence-corrected chi connectivity index (χ1v) is 17.2. The molecule has 6 amide bonds. The number of rotatable bonds is 23. The molecule has 6 atom stereocenters. The average Bonchev–Trinajstić information content (AvgIpc) is 3.15. The van der Waals surface area contributed by atoms with Gasteiger partial charge in [-0.05, 0) is 49.6 Å². The third-order valence-electron chi connectivity index (χ3n) is 8.04. The number of carboxylic acid groups (broad SMARTS) is 1.